The Labute approximate surface area is 114 Å². The Morgan fingerprint density at radius 2 is 2.20 bits per heavy atom. The molecule has 5 nitrogen and oxygen atoms in total. The van der Waals surface area contributed by atoms with Gasteiger partial charge in [-0.05, 0) is 18.5 Å². The average Bonchev–Trinajstić information content (AvgIpc) is 2.36. The third kappa shape index (κ3) is 6.37. The van der Waals surface area contributed by atoms with Gasteiger partial charge in [0.25, 0.3) is 0 Å². The summed E-state index contributed by atoms with van der Waals surface area (Å²) in [6.07, 6.45) is -2.91. The van der Waals surface area contributed by atoms with Gasteiger partial charge in [-0.15, -0.1) is 0 Å². The molecule has 1 aromatic heterocycles. The number of hydrogen-bond donors (Lipinski definition) is 2. The fourth-order valence-electron chi connectivity index (χ4n) is 1.31. The normalized spacial score (nSPS) is 12.8. The van der Waals surface area contributed by atoms with E-state index in [4.69, 9.17) is 5.73 Å². The summed E-state index contributed by atoms with van der Waals surface area (Å²) in [5, 5.41) is 2.57. The molecule has 3 N–H and O–H groups in total. The largest absolute Gasteiger partial charge is 0.468 e. The number of carbonyl (C=O) groups excluding carboxylic acids is 1. The highest BCUT2D eigenvalue weighted by Crippen LogP contribution is 2.18. The summed E-state index contributed by atoms with van der Waals surface area (Å²) in [5.41, 5.74) is 5.79. The van der Waals surface area contributed by atoms with Crippen LogP contribution in [-0.4, -0.2) is 30.2 Å². The van der Waals surface area contributed by atoms with Crippen molar-refractivity contribution in [3.05, 3.63) is 18.3 Å². The molecule has 0 saturated heterocycles. The Bertz CT molecular complexity index is 435. The lowest BCUT2D eigenvalue weighted by Gasteiger charge is -2.10. The van der Waals surface area contributed by atoms with E-state index in [0.29, 0.717) is 12.2 Å². The van der Waals surface area contributed by atoms with E-state index in [0.717, 1.165) is 0 Å². The molecule has 0 fully saturated rings. The molecule has 0 spiro atoms. The van der Waals surface area contributed by atoms with E-state index in [1.165, 1.54) is 18.3 Å². The van der Waals surface area contributed by atoms with Crippen molar-refractivity contribution in [1.29, 1.82) is 0 Å². The highest BCUT2D eigenvalue weighted by atomic mass is 19.4. The molecule has 112 valence electrons. The van der Waals surface area contributed by atoms with E-state index in [-0.39, 0.29) is 24.1 Å². The molecule has 1 aromatic rings. The van der Waals surface area contributed by atoms with Crippen LogP contribution in [0.4, 0.5) is 18.9 Å². The Hall–Kier alpha value is -1.83. The SMILES string of the molecule is CC(CN)CC(=O)Nc1ccc(OCC(F)(F)F)nc1. The maximum Gasteiger partial charge on any atom is 0.422 e. The van der Waals surface area contributed by atoms with Gasteiger partial charge in [0.2, 0.25) is 11.8 Å². The Morgan fingerprint density at radius 1 is 1.50 bits per heavy atom. The fourth-order valence-corrected chi connectivity index (χ4v) is 1.31. The molecule has 0 saturated carbocycles. The number of anilines is 1. The second-order valence-corrected chi connectivity index (χ2v) is 4.38. The molecule has 20 heavy (non-hydrogen) atoms. The third-order valence-corrected chi connectivity index (χ3v) is 2.34. The number of ether oxygens (including phenoxy) is 1. The number of amides is 1. The number of halogens is 3. The maximum absolute atomic E-state index is 11.9. The van der Waals surface area contributed by atoms with E-state index in [1.54, 1.807) is 0 Å². The molecule has 1 heterocycles. The Kier molecular flexibility index (Phi) is 5.75. The van der Waals surface area contributed by atoms with Gasteiger partial charge < -0.3 is 15.8 Å². The van der Waals surface area contributed by atoms with E-state index < -0.39 is 12.8 Å². The van der Waals surface area contributed by atoms with Crippen molar-refractivity contribution < 1.29 is 22.7 Å². The first-order valence-corrected chi connectivity index (χ1v) is 5.95. The predicted octanol–water partition coefficient (Wildman–Crippen LogP) is 1.95. The Morgan fingerprint density at radius 3 is 2.70 bits per heavy atom. The number of pyridine rings is 1. The van der Waals surface area contributed by atoms with Crippen molar-refractivity contribution in [2.24, 2.45) is 11.7 Å². The summed E-state index contributed by atoms with van der Waals surface area (Å²) in [7, 11) is 0. The summed E-state index contributed by atoms with van der Waals surface area (Å²) >= 11 is 0. The zero-order chi connectivity index (χ0) is 15.2. The topological polar surface area (TPSA) is 77.2 Å². The molecule has 0 aliphatic carbocycles. The molecule has 1 unspecified atom stereocenters. The minimum Gasteiger partial charge on any atom is -0.468 e. The van der Waals surface area contributed by atoms with Crippen LogP contribution < -0.4 is 15.8 Å². The number of nitrogens with zero attached hydrogens (tertiary/aromatic N) is 1. The molecule has 8 heteroatoms. The van der Waals surface area contributed by atoms with E-state index in [2.05, 4.69) is 15.0 Å². The van der Waals surface area contributed by atoms with E-state index in [1.807, 2.05) is 6.92 Å². The number of nitrogens with two attached hydrogens (primary N) is 1. The van der Waals surface area contributed by atoms with E-state index >= 15 is 0 Å². The van der Waals surface area contributed by atoms with Crippen LogP contribution in [0.5, 0.6) is 5.88 Å². The van der Waals surface area contributed by atoms with Crippen LogP contribution in [-0.2, 0) is 4.79 Å². The summed E-state index contributed by atoms with van der Waals surface area (Å²) in [5.74, 6) is -0.332. The monoisotopic (exact) mass is 291 g/mol. The van der Waals surface area contributed by atoms with Crippen LogP contribution in [0, 0.1) is 5.92 Å². The summed E-state index contributed by atoms with van der Waals surface area (Å²) in [6.45, 7) is 0.835. The van der Waals surface area contributed by atoms with Crippen molar-refractivity contribution >= 4 is 11.6 Å². The van der Waals surface area contributed by atoms with Crippen LogP contribution in [0.1, 0.15) is 13.3 Å². The number of hydrogen-bond acceptors (Lipinski definition) is 4. The molecule has 1 rings (SSSR count). The van der Waals surface area contributed by atoms with Crippen LogP contribution in [0.15, 0.2) is 18.3 Å². The fraction of sp³-hybridized carbons (Fsp3) is 0.500. The zero-order valence-corrected chi connectivity index (χ0v) is 10.9. The van der Waals surface area contributed by atoms with Crippen molar-refractivity contribution in [3.8, 4) is 5.88 Å². The zero-order valence-electron chi connectivity index (χ0n) is 10.9. The molecule has 1 amide bonds. The summed E-state index contributed by atoms with van der Waals surface area (Å²) in [4.78, 5) is 15.2. The molecule has 0 radical (unpaired) electrons. The summed E-state index contributed by atoms with van der Waals surface area (Å²) < 4.78 is 40.2. The minimum atomic E-state index is -4.41. The van der Waals surface area contributed by atoms with Gasteiger partial charge in [-0.1, -0.05) is 6.92 Å². The predicted molar refractivity (Wildman–Crippen MR) is 67.3 cm³/mol. The third-order valence-electron chi connectivity index (χ3n) is 2.34. The van der Waals surface area contributed by atoms with Crippen molar-refractivity contribution in [3.63, 3.8) is 0 Å². The first-order chi connectivity index (χ1) is 9.30. The second kappa shape index (κ2) is 7.09. The second-order valence-electron chi connectivity index (χ2n) is 4.38. The van der Waals surface area contributed by atoms with Gasteiger partial charge in [-0.2, -0.15) is 13.2 Å². The first-order valence-electron chi connectivity index (χ1n) is 5.95. The molecule has 0 aromatic carbocycles. The molecule has 0 bridgehead atoms. The number of nitrogens with one attached hydrogen (secondary N) is 1. The number of rotatable bonds is 6. The molecule has 0 aliphatic rings. The van der Waals surface area contributed by atoms with Gasteiger partial charge >= 0.3 is 6.18 Å². The van der Waals surface area contributed by atoms with Gasteiger partial charge in [0.15, 0.2) is 6.61 Å². The molecule has 0 aliphatic heterocycles. The van der Waals surface area contributed by atoms with Gasteiger partial charge in [0.1, 0.15) is 0 Å². The van der Waals surface area contributed by atoms with Crippen LogP contribution in [0.3, 0.4) is 0 Å². The van der Waals surface area contributed by atoms with Gasteiger partial charge in [0.05, 0.1) is 11.9 Å². The lowest BCUT2D eigenvalue weighted by molar-refractivity contribution is -0.154. The van der Waals surface area contributed by atoms with Gasteiger partial charge in [-0.25, -0.2) is 4.98 Å². The van der Waals surface area contributed by atoms with Crippen LogP contribution in [0.25, 0.3) is 0 Å². The number of alkyl halides is 3. The van der Waals surface area contributed by atoms with Crippen molar-refractivity contribution in [2.45, 2.75) is 19.5 Å². The first kappa shape index (κ1) is 16.2. The van der Waals surface area contributed by atoms with Gasteiger partial charge in [0, 0.05) is 12.5 Å². The standard InChI is InChI=1S/C12H16F3N3O2/c1-8(5-16)4-10(19)18-9-2-3-11(17-6-9)20-7-12(13,14)15/h2-3,6,8H,4-5,7,16H2,1H3,(H,18,19). The molecular weight excluding hydrogens is 275 g/mol. The molecular formula is C12H16F3N3O2. The minimum absolute atomic E-state index is 0.0531. The summed E-state index contributed by atoms with van der Waals surface area (Å²) in [6, 6.07) is 2.68. The maximum atomic E-state index is 11.9. The quantitative estimate of drug-likeness (QED) is 0.839. The molecule has 1 atom stereocenters. The smallest absolute Gasteiger partial charge is 0.422 e. The number of carbonyl (C=O) groups is 1. The van der Waals surface area contributed by atoms with Crippen LogP contribution in [0.2, 0.25) is 0 Å². The Balaban J connectivity index is 2.48. The van der Waals surface area contributed by atoms with Crippen molar-refractivity contribution in [2.75, 3.05) is 18.5 Å². The van der Waals surface area contributed by atoms with E-state index in [9.17, 15) is 18.0 Å². The lowest BCUT2D eigenvalue weighted by atomic mass is 10.1. The van der Waals surface area contributed by atoms with Gasteiger partial charge in [-0.3, -0.25) is 4.79 Å². The van der Waals surface area contributed by atoms with Crippen LogP contribution >= 0.6 is 0 Å². The highest BCUT2D eigenvalue weighted by Gasteiger charge is 2.28. The van der Waals surface area contributed by atoms with Crippen molar-refractivity contribution in [1.82, 2.24) is 4.98 Å². The highest BCUT2D eigenvalue weighted by molar-refractivity contribution is 5.90. The number of aromatic nitrogens is 1. The average molecular weight is 291 g/mol. The lowest BCUT2D eigenvalue weighted by Crippen LogP contribution is -2.20.